The Morgan fingerprint density at radius 3 is 2.71 bits per heavy atom. The van der Waals surface area contributed by atoms with Crippen LogP contribution in [0.3, 0.4) is 0 Å². The summed E-state index contributed by atoms with van der Waals surface area (Å²) < 4.78 is 0. The van der Waals surface area contributed by atoms with Crippen molar-refractivity contribution in [1.82, 2.24) is 5.32 Å². The Balaban J connectivity index is 2.87. The maximum atomic E-state index is 11.3. The molecule has 0 aliphatic rings. The van der Waals surface area contributed by atoms with Gasteiger partial charge in [0.25, 0.3) is 0 Å². The van der Waals surface area contributed by atoms with Gasteiger partial charge < -0.3 is 21.5 Å². The van der Waals surface area contributed by atoms with Crippen LogP contribution in [0.1, 0.15) is 10.4 Å². The number of carboxylic acid groups (broad SMARTS) is 1. The van der Waals surface area contributed by atoms with Crippen LogP contribution in [0.4, 0.5) is 10.5 Å². The number of benzene rings is 1. The van der Waals surface area contributed by atoms with Crippen LogP contribution in [-0.2, 0) is 0 Å². The van der Waals surface area contributed by atoms with E-state index in [1.165, 1.54) is 12.1 Å². The van der Waals surface area contributed by atoms with Gasteiger partial charge in [0, 0.05) is 13.1 Å². The molecule has 0 saturated heterocycles. The molecule has 17 heavy (non-hydrogen) atoms. The first-order valence-corrected chi connectivity index (χ1v) is 5.20. The topological polar surface area (TPSA) is 104 Å². The number of anilines is 1. The monoisotopic (exact) mass is 257 g/mol. The first-order valence-electron chi connectivity index (χ1n) is 4.83. The van der Waals surface area contributed by atoms with E-state index in [-0.39, 0.29) is 16.3 Å². The summed E-state index contributed by atoms with van der Waals surface area (Å²) in [6.07, 6.45) is 0. The first-order chi connectivity index (χ1) is 8.06. The van der Waals surface area contributed by atoms with Gasteiger partial charge in [0.15, 0.2) is 0 Å². The largest absolute Gasteiger partial charge is 0.478 e. The van der Waals surface area contributed by atoms with Crippen LogP contribution in [0.5, 0.6) is 0 Å². The number of amides is 2. The SMILES string of the molecule is NCCNC(=O)Nc1cccc(Cl)c1C(=O)O. The lowest BCUT2D eigenvalue weighted by Crippen LogP contribution is -2.33. The minimum Gasteiger partial charge on any atom is -0.478 e. The van der Waals surface area contributed by atoms with E-state index in [0.717, 1.165) is 0 Å². The first kappa shape index (κ1) is 13.3. The lowest BCUT2D eigenvalue weighted by Gasteiger charge is -2.10. The van der Waals surface area contributed by atoms with Crippen molar-refractivity contribution < 1.29 is 14.7 Å². The Morgan fingerprint density at radius 1 is 1.41 bits per heavy atom. The zero-order valence-electron chi connectivity index (χ0n) is 8.87. The molecule has 5 N–H and O–H groups in total. The van der Waals surface area contributed by atoms with Gasteiger partial charge in [-0.15, -0.1) is 0 Å². The fraction of sp³-hybridized carbons (Fsp3) is 0.200. The molecule has 0 aliphatic carbocycles. The van der Waals surface area contributed by atoms with E-state index in [9.17, 15) is 9.59 Å². The van der Waals surface area contributed by atoms with Crippen molar-refractivity contribution >= 4 is 29.3 Å². The van der Waals surface area contributed by atoms with Gasteiger partial charge in [0.05, 0.1) is 10.7 Å². The Morgan fingerprint density at radius 2 is 2.12 bits per heavy atom. The number of hydrogen-bond acceptors (Lipinski definition) is 3. The second-order valence-electron chi connectivity index (χ2n) is 3.14. The maximum absolute atomic E-state index is 11.3. The van der Waals surface area contributed by atoms with Crippen LogP contribution in [-0.4, -0.2) is 30.2 Å². The normalized spacial score (nSPS) is 9.76. The predicted octanol–water partition coefficient (Wildman–Crippen LogP) is 1.12. The van der Waals surface area contributed by atoms with Gasteiger partial charge in [-0.1, -0.05) is 17.7 Å². The van der Waals surface area contributed by atoms with Crippen molar-refractivity contribution in [3.63, 3.8) is 0 Å². The highest BCUT2D eigenvalue weighted by molar-refractivity contribution is 6.34. The summed E-state index contributed by atoms with van der Waals surface area (Å²) in [4.78, 5) is 22.3. The van der Waals surface area contributed by atoms with E-state index < -0.39 is 12.0 Å². The van der Waals surface area contributed by atoms with Crippen molar-refractivity contribution in [1.29, 1.82) is 0 Å². The van der Waals surface area contributed by atoms with Crippen molar-refractivity contribution in [2.24, 2.45) is 5.73 Å². The van der Waals surface area contributed by atoms with Crippen molar-refractivity contribution in [3.05, 3.63) is 28.8 Å². The molecule has 0 saturated carbocycles. The third-order valence-corrected chi connectivity index (χ3v) is 2.22. The molecular formula is C10H12ClN3O3. The lowest BCUT2D eigenvalue weighted by molar-refractivity contribution is 0.0698. The molecule has 0 radical (unpaired) electrons. The number of aromatic carboxylic acids is 1. The van der Waals surface area contributed by atoms with E-state index >= 15 is 0 Å². The molecule has 0 aromatic heterocycles. The van der Waals surface area contributed by atoms with Gasteiger partial charge >= 0.3 is 12.0 Å². The zero-order valence-corrected chi connectivity index (χ0v) is 9.62. The average Bonchev–Trinajstić information content (AvgIpc) is 2.25. The second kappa shape index (κ2) is 6.07. The Kier molecular flexibility index (Phi) is 4.74. The Bertz CT molecular complexity index is 437. The second-order valence-corrected chi connectivity index (χ2v) is 3.54. The Hall–Kier alpha value is -1.79. The molecule has 1 rings (SSSR count). The number of rotatable bonds is 4. The smallest absolute Gasteiger partial charge is 0.339 e. The number of carbonyl (C=O) groups is 2. The standard InChI is InChI=1S/C10H12ClN3O3/c11-6-2-1-3-7(8(6)9(15)16)14-10(17)13-5-4-12/h1-3H,4-5,12H2,(H,15,16)(H2,13,14,17). The van der Waals surface area contributed by atoms with Crippen LogP contribution in [0.15, 0.2) is 18.2 Å². The maximum Gasteiger partial charge on any atom is 0.339 e. The van der Waals surface area contributed by atoms with E-state index in [2.05, 4.69) is 10.6 Å². The molecule has 0 heterocycles. The quantitative estimate of drug-likeness (QED) is 0.649. The van der Waals surface area contributed by atoms with Gasteiger partial charge in [-0.3, -0.25) is 0 Å². The third kappa shape index (κ3) is 3.61. The predicted molar refractivity (Wildman–Crippen MR) is 64.5 cm³/mol. The molecule has 92 valence electrons. The Labute approximate surface area is 103 Å². The van der Waals surface area contributed by atoms with Gasteiger partial charge in [-0.05, 0) is 12.1 Å². The highest BCUT2D eigenvalue weighted by Gasteiger charge is 2.15. The highest BCUT2D eigenvalue weighted by Crippen LogP contribution is 2.24. The van der Waals surface area contributed by atoms with Gasteiger partial charge in [-0.2, -0.15) is 0 Å². The number of hydrogen-bond donors (Lipinski definition) is 4. The molecular weight excluding hydrogens is 246 g/mol. The minimum absolute atomic E-state index is 0.0640. The molecule has 1 aromatic rings. The molecule has 1 aromatic carbocycles. The van der Waals surface area contributed by atoms with Gasteiger partial charge in [0.2, 0.25) is 0 Å². The summed E-state index contributed by atoms with van der Waals surface area (Å²) >= 11 is 5.74. The lowest BCUT2D eigenvalue weighted by atomic mass is 10.2. The zero-order chi connectivity index (χ0) is 12.8. The fourth-order valence-corrected chi connectivity index (χ4v) is 1.45. The number of halogens is 1. The number of nitrogens with two attached hydrogens (primary N) is 1. The van der Waals surface area contributed by atoms with E-state index in [1.54, 1.807) is 6.07 Å². The summed E-state index contributed by atoms with van der Waals surface area (Å²) in [5.41, 5.74) is 5.21. The van der Waals surface area contributed by atoms with Crippen LogP contribution in [0.25, 0.3) is 0 Å². The minimum atomic E-state index is -1.20. The molecule has 0 fully saturated rings. The van der Waals surface area contributed by atoms with E-state index in [0.29, 0.717) is 13.1 Å². The molecule has 7 heteroatoms. The molecule has 0 unspecified atom stereocenters. The van der Waals surface area contributed by atoms with E-state index in [1.807, 2.05) is 0 Å². The number of urea groups is 1. The molecule has 0 bridgehead atoms. The van der Waals surface area contributed by atoms with Crippen LogP contribution >= 0.6 is 11.6 Å². The summed E-state index contributed by atoms with van der Waals surface area (Å²) in [6.45, 7) is 0.601. The van der Waals surface area contributed by atoms with Crippen LogP contribution in [0.2, 0.25) is 5.02 Å². The third-order valence-electron chi connectivity index (χ3n) is 1.91. The number of nitrogens with one attached hydrogen (secondary N) is 2. The molecule has 0 aliphatic heterocycles. The molecule has 0 spiro atoms. The average molecular weight is 258 g/mol. The molecule has 6 nitrogen and oxygen atoms in total. The number of carboxylic acids is 1. The summed E-state index contributed by atoms with van der Waals surface area (Å²) in [6, 6.07) is 3.92. The van der Waals surface area contributed by atoms with Crippen LogP contribution in [0, 0.1) is 0 Å². The van der Waals surface area contributed by atoms with E-state index in [4.69, 9.17) is 22.4 Å². The summed E-state index contributed by atoms with van der Waals surface area (Å²) in [5.74, 6) is -1.20. The van der Waals surface area contributed by atoms with Gasteiger partial charge in [-0.25, -0.2) is 9.59 Å². The fourth-order valence-electron chi connectivity index (χ4n) is 1.20. The highest BCUT2D eigenvalue weighted by atomic mass is 35.5. The van der Waals surface area contributed by atoms with Crippen molar-refractivity contribution in [3.8, 4) is 0 Å². The number of carbonyl (C=O) groups excluding carboxylic acids is 1. The molecule has 2 amide bonds. The van der Waals surface area contributed by atoms with Gasteiger partial charge in [0.1, 0.15) is 5.56 Å². The van der Waals surface area contributed by atoms with Crippen molar-refractivity contribution in [2.75, 3.05) is 18.4 Å². The summed E-state index contributed by atoms with van der Waals surface area (Å²) in [5, 5.41) is 13.9. The van der Waals surface area contributed by atoms with Crippen molar-refractivity contribution in [2.45, 2.75) is 0 Å². The molecule has 0 atom stereocenters. The van der Waals surface area contributed by atoms with Crippen LogP contribution < -0.4 is 16.4 Å². The summed E-state index contributed by atoms with van der Waals surface area (Å²) in [7, 11) is 0.